The van der Waals surface area contributed by atoms with Gasteiger partial charge in [0.05, 0.1) is 6.61 Å². The van der Waals surface area contributed by atoms with Crippen molar-refractivity contribution in [1.82, 2.24) is 5.32 Å². The van der Waals surface area contributed by atoms with Crippen molar-refractivity contribution in [2.75, 3.05) is 36.4 Å². The van der Waals surface area contributed by atoms with Gasteiger partial charge in [-0.15, -0.1) is 23.2 Å². The molecule has 0 bridgehead atoms. The van der Waals surface area contributed by atoms with E-state index in [4.69, 9.17) is 27.9 Å². The molecule has 1 unspecified atom stereocenters. The lowest BCUT2D eigenvalue weighted by Crippen LogP contribution is -2.45. The van der Waals surface area contributed by atoms with Crippen molar-refractivity contribution >= 4 is 48.0 Å². The van der Waals surface area contributed by atoms with Crippen LogP contribution in [0.5, 0.6) is 0 Å². The van der Waals surface area contributed by atoms with Crippen LogP contribution in [-0.4, -0.2) is 56.7 Å². The number of amides is 1. The molecular formula is C25H28BCl2FN3O3. The van der Waals surface area contributed by atoms with Gasteiger partial charge in [0.1, 0.15) is 11.9 Å². The van der Waals surface area contributed by atoms with Crippen molar-refractivity contribution in [1.29, 1.82) is 5.26 Å². The van der Waals surface area contributed by atoms with Gasteiger partial charge < -0.3 is 15.0 Å². The summed E-state index contributed by atoms with van der Waals surface area (Å²) in [5.41, 5.74) is 2.48. The van der Waals surface area contributed by atoms with Gasteiger partial charge in [0.25, 0.3) is 7.28 Å². The first-order valence-corrected chi connectivity index (χ1v) is 12.4. The Kier molecular flexibility index (Phi) is 12.4. The van der Waals surface area contributed by atoms with Crippen LogP contribution >= 0.6 is 23.2 Å². The predicted molar refractivity (Wildman–Crippen MR) is 138 cm³/mol. The van der Waals surface area contributed by atoms with Crippen molar-refractivity contribution < 1.29 is 18.7 Å². The molecule has 1 radical (unpaired) electrons. The molecule has 1 N–H and O–H groups in total. The number of hydrogen-bond acceptors (Lipinski definition) is 5. The van der Waals surface area contributed by atoms with Gasteiger partial charge in [0, 0.05) is 42.8 Å². The molecule has 10 heteroatoms. The largest absolute Gasteiger partial charge is 0.464 e. The first-order valence-electron chi connectivity index (χ1n) is 11.3. The summed E-state index contributed by atoms with van der Waals surface area (Å²) in [5.74, 6) is 0.635. The minimum atomic E-state index is -0.968. The zero-order valence-electron chi connectivity index (χ0n) is 19.6. The first-order chi connectivity index (χ1) is 16.9. The second-order valence-corrected chi connectivity index (χ2v) is 8.54. The Bertz CT molecular complexity index is 981. The van der Waals surface area contributed by atoms with E-state index in [-0.39, 0.29) is 19.4 Å². The Labute approximate surface area is 216 Å². The summed E-state index contributed by atoms with van der Waals surface area (Å²) in [6.45, 7) is 3.14. The molecule has 0 fully saturated rings. The van der Waals surface area contributed by atoms with Gasteiger partial charge in [-0.2, -0.15) is 0 Å². The second-order valence-electron chi connectivity index (χ2n) is 7.78. The van der Waals surface area contributed by atoms with E-state index in [0.29, 0.717) is 30.4 Å². The van der Waals surface area contributed by atoms with Crippen LogP contribution < -0.4 is 10.2 Å². The summed E-state index contributed by atoms with van der Waals surface area (Å²) in [4.78, 5) is 27.6. The molecule has 0 aliphatic heterocycles. The molecule has 0 heterocycles. The van der Waals surface area contributed by atoms with Crippen molar-refractivity contribution in [2.24, 2.45) is 0 Å². The smallest absolute Gasteiger partial charge is 0.328 e. The lowest BCUT2D eigenvalue weighted by Gasteiger charge is -2.23. The molecule has 0 aromatic heterocycles. The van der Waals surface area contributed by atoms with E-state index in [2.05, 4.69) is 10.2 Å². The van der Waals surface area contributed by atoms with Gasteiger partial charge in [-0.1, -0.05) is 24.3 Å². The summed E-state index contributed by atoms with van der Waals surface area (Å²) in [6.07, 6.45) is 0.409. The third-order valence-corrected chi connectivity index (χ3v) is 5.66. The van der Waals surface area contributed by atoms with Gasteiger partial charge in [0.2, 0.25) is 5.91 Å². The summed E-state index contributed by atoms with van der Waals surface area (Å²) in [6, 6.07) is 12.3. The normalized spacial score (nSPS) is 12.2. The number of alkyl halides is 2. The summed E-state index contributed by atoms with van der Waals surface area (Å²) in [7, 11) is 1.25. The van der Waals surface area contributed by atoms with Crippen molar-refractivity contribution in [3.05, 3.63) is 65.5 Å². The zero-order chi connectivity index (χ0) is 25.6. The highest BCUT2D eigenvalue weighted by Crippen LogP contribution is 2.20. The number of rotatable bonds is 14. The third-order valence-electron chi connectivity index (χ3n) is 5.32. The highest BCUT2D eigenvalue weighted by molar-refractivity contribution is 6.52. The second kappa shape index (κ2) is 15.3. The maximum Gasteiger partial charge on any atom is 0.328 e. The topological polar surface area (TPSA) is 82.4 Å². The molecule has 0 saturated heterocycles. The average molecular weight is 519 g/mol. The Morgan fingerprint density at radius 1 is 1.06 bits per heavy atom. The van der Waals surface area contributed by atoms with Gasteiger partial charge in [0.15, 0.2) is 0 Å². The number of carbonyl (C=O) groups excluding carboxylic acids is 2. The minimum Gasteiger partial charge on any atom is -0.464 e. The van der Waals surface area contributed by atoms with Gasteiger partial charge in [-0.05, 0) is 54.7 Å². The molecule has 2 aromatic carbocycles. The van der Waals surface area contributed by atoms with E-state index >= 15 is 0 Å². The SMILES string of the molecule is CCOC(=O)C(Cc1ccc(F)cc1)NC(=O)[C@@H]([B]C#N)Cc1ccc(N(CCCl)CCCl)cc1. The molecule has 2 atom stereocenters. The summed E-state index contributed by atoms with van der Waals surface area (Å²) >= 11 is 11.8. The number of ether oxygens (including phenoxy) is 1. The third kappa shape index (κ3) is 9.43. The molecular weight excluding hydrogens is 491 g/mol. The number of nitriles is 1. The van der Waals surface area contributed by atoms with Crippen molar-refractivity contribution in [3.63, 3.8) is 0 Å². The van der Waals surface area contributed by atoms with E-state index in [1.54, 1.807) is 19.1 Å². The van der Waals surface area contributed by atoms with Gasteiger partial charge in [-0.25, -0.2) is 14.4 Å². The van der Waals surface area contributed by atoms with Crippen molar-refractivity contribution in [3.8, 4) is 5.97 Å². The number of hydrogen-bond donors (Lipinski definition) is 1. The van der Waals surface area contributed by atoms with E-state index in [1.807, 2.05) is 30.2 Å². The van der Waals surface area contributed by atoms with Crippen LogP contribution in [0, 0.1) is 17.0 Å². The molecule has 0 aliphatic carbocycles. The molecule has 35 heavy (non-hydrogen) atoms. The zero-order valence-corrected chi connectivity index (χ0v) is 21.1. The molecule has 0 saturated carbocycles. The molecule has 6 nitrogen and oxygen atoms in total. The highest BCUT2D eigenvalue weighted by atomic mass is 35.5. The fourth-order valence-corrected chi connectivity index (χ4v) is 3.97. The van der Waals surface area contributed by atoms with Crippen LogP contribution in [-0.2, 0) is 27.2 Å². The van der Waals surface area contributed by atoms with E-state index in [1.165, 1.54) is 19.4 Å². The predicted octanol–water partition coefficient (Wildman–Crippen LogP) is 3.92. The van der Waals surface area contributed by atoms with Gasteiger partial charge >= 0.3 is 5.97 Å². The molecule has 2 rings (SSSR count). The lowest BCUT2D eigenvalue weighted by molar-refractivity contribution is -0.147. The molecule has 1 amide bonds. The molecule has 0 spiro atoms. The molecule has 0 aliphatic rings. The van der Waals surface area contributed by atoms with Crippen molar-refractivity contribution in [2.45, 2.75) is 31.6 Å². The minimum absolute atomic E-state index is 0.135. The van der Waals surface area contributed by atoms with Crippen LogP contribution in [0.3, 0.4) is 0 Å². The van der Waals surface area contributed by atoms with Crippen LogP contribution in [0.1, 0.15) is 18.1 Å². The Morgan fingerprint density at radius 3 is 2.17 bits per heavy atom. The van der Waals surface area contributed by atoms with Gasteiger partial charge in [-0.3, -0.25) is 4.79 Å². The van der Waals surface area contributed by atoms with Crippen LogP contribution in [0.15, 0.2) is 48.5 Å². The van der Waals surface area contributed by atoms with Crippen LogP contribution in [0.2, 0.25) is 5.82 Å². The maximum absolute atomic E-state index is 13.2. The maximum atomic E-state index is 13.2. The Morgan fingerprint density at radius 2 is 1.63 bits per heavy atom. The molecule has 2 aromatic rings. The van der Waals surface area contributed by atoms with E-state index < -0.39 is 29.6 Å². The first kappa shape index (κ1) is 28.5. The number of nitrogens with one attached hydrogen (secondary N) is 1. The number of carbonyl (C=O) groups is 2. The summed E-state index contributed by atoms with van der Waals surface area (Å²) < 4.78 is 18.4. The monoisotopic (exact) mass is 518 g/mol. The fourth-order valence-electron chi connectivity index (χ4n) is 3.56. The number of esters is 1. The fraction of sp³-hybridized carbons (Fsp3) is 0.400. The number of nitrogens with zero attached hydrogens (tertiary/aromatic N) is 2. The van der Waals surface area contributed by atoms with Crippen LogP contribution in [0.25, 0.3) is 0 Å². The highest BCUT2D eigenvalue weighted by Gasteiger charge is 2.27. The summed E-state index contributed by atoms with van der Waals surface area (Å²) in [5, 5.41) is 11.9. The quantitative estimate of drug-likeness (QED) is 0.233. The van der Waals surface area contributed by atoms with E-state index in [9.17, 15) is 19.2 Å². The average Bonchev–Trinajstić information content (AvgIpc) is 2.85. The van der Waals surface area contributed by atoms with Crippen LogP contribution in [0.4, 0.5) is 10.1 Å². The lowest BCUT2D eigenvalue weighted by atomic mass is 9.63. The number of anilines is 1. The van der Waals surface area contributed by atoms with E-state index in [0.717, 1.165) is 11.3 Å². The Balaban J connectivity index is 2.13. The number of benzene rings is 2. The number of halogens is 3. The Hall–Kier alpha value is -2.76. The standard InChI is InChI=1S/C25H28BCl2FN3O3/c1-2-35-25(34)23(16-19-3-7-20(29)8-4-19)31-24(33)22(26-17-30)15-18-5-9-21(10-6-18)32(13-11-27)14-12-28/h3-10,22-23H,2,11-16H2,1H3,(H,31,33)/t22-,23?/m0/s1. The molecule has 185 valence electrons.